The summed E-state index contributed by atoms with van der Waals surface area (Å²) in [7, 11) is 0. The number of aromatic nitrogens is 2. The Morgan fingerprint density at radius 2 is 2.24 bits per heavy atom. The molecule has 0 saturated carbocycles. The first-order valence-electron chi connectivity index (χ1n) is 5.75. The van der Waals surface area contributed by atoms with Crippen molar-refractivity contribution in [3.63, 3.8) is 0 Å². The molecule has 2 rings (SSSR count). The van der Waals surface area contributed by atoms with E-state index in [0.29, 0.717) is 12.3 Å². The van der Waals surface area contributed by atoms with Crippen molar-refractivity contribution in [2.24, 2.45) is 0 Å². The van der Waals surface area contributed by atoms with Crippen LogP contribution in [0.1, 0.15) is 18.2 Å². The molecule has 90 valence electrons. The van der Waals surface area contributed by atoms with E-state index in [1.54, 1.807) is 12.1 Å². The van der Waals surface area contributed by atoms with Gasteiger partial charge in [0.1, 0.15) is 5.75 Å². The van der Waals surface area contributed by atoms with Gasteiger partial charge >= 0.3 is 0 Å². The molecule has 0 unspecified atom stereocenters. The second kappa shape index (κ2) is 4.91. The van der Waals surface area contributed by atoms with Crippen LogP contribution in [0.5, 0.6) is 5.75 Å². The summed E-state index contributed by atoms with van der Waals surface area (Å²) in [6.07, 6.45) is 1.83. The Bertz CT molecular complexity index is 505. The molecule has 4 nitrogen and oxygen atoms in total. The quantitative estimate of drug-likeness (QED) is 0.850. The zero-order chi connectivity index (χ0) is 12.3. The molecular formula is C13H17N3O. The molecule has 0 amide bonds. The SMILES string of the molecule is CCn1ncc(NCc2cccc(O)c2)c1C. The molecule has 0 radical (unpaired) electrons. The van der Waals surface area contributed by atoms with Crippen LogP contribution >= 0.6 is 0 Å². The first-order valence-corrected chi connectivity index (χ1v) is 5.75. The van der Waals surface area contributed by atoms with Gasteiger partial charge in [-0.1, -0.05) is 12.1 Å². The third kappa shape index (κ3) is 2.58. The van der Waals surface area contributed by atoms with Crippen molar-refractivity contribution in [1.29, 1.82) is 0 Å². The second-order valence-corrected chi connectivity index (χ2v) is 3.98. The molecule has 0 aliphatic rings. The van der Waals surface area contributed by atoms with Crippen LogP contribution in [0.4, 0.5) is 5.69 Å². The van der Waals surface area contributed by atoms with Crippen molar-refractivity contribution in [2.45, 2.75) is 26.9 Å². The first kappa shape index (κ1) is 11.5. The lowest BCUT2D eigenvalue weighted by Crippen LogP contribution is -2.02. The van der Waals surface area contributed by atoms with Gasteiger partial charge in [-0.2, -0.15) is 5.10 Å². The molecule has 0 aliphatic heterocycles. The van der Waals surface area contributed by atoms with Crippen LogP contribution in [0, 0.1) is 6.92 Å². The monoisotopic (exact) mass is 231 g/mol. The standard InChI is InChI=1S/C13H17N3O/c1-3-16-10(2)13(9-15-16)14-8-11-5-4-6-12(17)7-11/h4-7,9,14,17H,3,8H2,1-2H3. The van der Waals surface area contributed by atoms with E-state index in [1.165, 1.54) is 0 Å². The minimum Gasteiger partial charge on any atom is -0.508 e. The van der Waals surface area contributed by atoms with Gasteiger partial charge in [-0.15, -0.1) is 0 Å². The van der Waals surface area contributed by atoms with E-state index < -0.39 is 0 Å². The summed E-state index contributed by atoms with van der Waals surface area (Å²) in [5.74, 6) is 0.297. The molecule has 0 spiro atoms. The van der Waals surface area contributed by atoms with Gasteiger partial charge in [-0.05, 0) is 31.5 Å². The van der Waals surface area contributed by atoms with E-state index in [-0.39, 0.29) is 0 Å². The topological polar surface area (TPSA) is 50.1 Å². The lowest BCUT2D eigenvalue weighted by Gasteiger charge is -2.06. The number of aromatic hydroxyl groups is 1. The van der Waals surface area contributed by atoms with Gasteiger partial charge < -0.3 is 10.4 Å². The van der Waals surface area contributed by atoms with Crippen molar-refractivity contribution in [2.75, 3.05) is 5.32 Å². The average molecular weight is 231 g/mol. The Kier molecular flexibility index (Phi) is 3.32. The van der Waals surface area contributed by atoms with Gasteiger partial charge in [0.2, 0.25) is 0 Å². The van der Waals surface area contributed by atoms with Crippen LogP contribution in [0.2, 0.25) is 0 Å². The number of rotatable bonds is 4. The van der Waals surface area contributed by atoms with E-state index in [0.717, 1.165) is 23.5 Å². The summed E-state index contributed by atoms with van der Waals surface area (Å²) >= 11 is 0. The number of hydrogen-bond acceptors (Lipinski definition) is 3. The Morgan fingerprint density at radius 3 is 2.88 bits per heavy atom. The average Bonchev–Trinajstić information content (AvgIpc) is 2.67. The molecule has 0 fully saturated rings. The number of hydrogen-bond donors (Lipinski definition) is 2. The zero-order valence-corrected chi connectivity index (χ0v) is 10.1. The summed E-state index contributed by atoms with van der Waals surface area (Å²) in [5.41, 5.74) is 3.22. The van der Waals surface area contributed by atoms with Crippen LogP contribution in [0.3, 0.4) is 0 Å². The van der Waals surface area contributed by atoms with Crippen molar-refractivity contribution in [1.82, 2.24) is 9.78 Å². The lowest BCUT2D eigenvalue weighted by molar-refractivity contribution is 0.474. The summed E-state index contributed by atoms with van der Waals surface area (Å²) in [6, 6.07) is 7.25. The molecule has 1 aromatic heterocycles. The summed E-state index contributed by atoms with van der Waals surface area (Å²) in [4.78, 5) is 0. The van der Waals surface area contributed by atoms with Crippen LogP contribution in [0.15, 0.2) is 30.5 Å². The van der Waals surface area contributed by atoms with Gasteiger partial charge in [0.25, 0.3) is 0 Å². The molecule has 0 atom stereocenters. The van der Waals surface area contributed by atoms with E-state index in [4.69, 9.17) is 0 Å². The van der Waals surface area contributed by atoms with Gasteiger partial charge in [-0.3, -0.25) is 4.68 Å². The van der Waals surface area contributed by atoms with Gasteiger partial charge in [0.05, 0.1) is 17.6 Å². The molecule has 4 heteroatoms. The molecule has 1 aromatic carbocycles. The fourth-order valence-corrected chi connectivity index (χ4v) is 1.80. The maximum atomic E-state index is 9.36. The predicted octanol–water partition coefficient (Wildman–Crippen LogP) is 2.53. The number of phenolic OH excluding ortho intramolecular Hbond substituents is 1. The number of phenols is 1. The molecular weight excluding hydrogens is 214 g/mol. The highest BCUT2D eigenvalue weighted by atomic mass is 16.3. The maximum absolute atomic E-state index is 9.36. The smallest absolute Gasteiger partial charge is 0.115 e. The van der Waals surface area contributed by atoms with Crippen molar-refractivity contribution in [3.05, 3.63) is 41.7 Å². The van der Waals surface area contributed by atoms with Crippen LogP contribution in [-0.2, 0) is 13.1 Å². The second-order valence-electron chi connectivity index (χ2n) is 3.98. The Labute approximate surface area is 101 Å². The van der Waals surface area contributed by atoms with E-state index in [2.05, 4.69) is 17.3 Å². The number of nitrogens with zero attached hydrogens (tertiary/aromatic N) is 2. The Morgan fingerprint density at radius 1 is 1.41 bits per heavy atom. The largest absolute Gasteiger partial charge is 0.508 e. The number of aryl methyl sites for hydroxylation is 1. The lowest BCUT2D eigenvalue weighted by atomic mass is 10.2. The van der Waals surface area contributed by atoms with E-state index in [9.17, 15) is 5.11 Å². The third-order valence-corrected chi connectivity index (χ3v) is 2.80. The summed E-state index contributed by atoms with van der Waals surface area (Å²) in [6.45, 7) is 5.67. The summed E-state index contributed by atoms with van der Waals surface area (Å²) in [5, 5.41) is 16.9. The molecule has 2 N–H and O–H groups in total. The minimum atomic E-state index is 0.297. The van der Waals surface area contributed by atoms with Crippen molar-refractivity contribution in [3.8, 4) is 5.75 Å². The minimum absolute atomic E-state index is 0.297. The Balaban J connectivity index is 2.05. The van der Waals surface area contributed by atoms with Gasteiger partial charge in [0.15, 0.2) is 0 Å². The number of anilines is 1. The van der Waals surface area contributed by atoms with Crippen molar-refractivity contribution < 1.29 is 5.11 Å². The number of benzene rings is 1. The van der Waals surface area contributed by atoms with Crippen LogP contribution < -0.4 is 5.32 Å². The highest BCUT2D eigenvalue weighted by Crippen LogP contribution is 2.16. The molecule has 1 heterocycles. The molecule has 0 aliphatic carbocycles. The van der Waals surface area contributed by atoms with Crippen molar-refractivity contribution >= 4 is 5.69 Å². The molecule has 2 aromatic rings. The van der Waals surface area contributed by atoms with Crippen LogP contribution in [-0.4, -0.2) is 14.9 Å². The molecule has 0 saturated heterocycles. The third-order valence-electron chi connectivity index (χ3n) is 2.80. The maximum Gasteiger partial charge on any atom is 0.115 e. The van der Waals surface area contributed by atoms with Crippen LogP contribution in [0.25, 0.3) is 0 Å². The van der Waals surface area contributed by atoms with Gasteiger partial charge in [0, 0.05) is 13.1 Å². The van der Waals surface area contributed by atoms with E-state index in [1.807, 2.05) is 29.9 Å². The van der Waals surface area contributed by atoms with Gasteiger partial charge in [-0.25, -0.2) is 0 Å². The number of nitrogens with one attached hydrogen (secondary N) is 1. The fraction of sp³-hybridized carbons (Fsp3) is 0.308. The summed E-state index contributed by atoms with van der Waals surface area (Å²) < 4.78 is 1.95. The first-order chi connectivity index (χ1) is 8.20. The highest BCUT2D eigenvalue weighted by Gasteiger charge is 2.04. The zero-order valence-electron chi connectivity index (χ0n) is 10.1. The normalized spacial score (nSPS) is 10.5. The molecule has 0 bridgehead atoms. The predicted molar refractivity (Wildman–Crippen MR) is 68.1 cm³/mol. The Hall–Kier alpha value is -1.97. The highest BCUT2D eigenvalue weighted by molar-refractivity contribution is 5.46. The molecule has 17 heavy (non-hydrogen) atoms. The van der Waals surface area contributed by atoms with E-state index >= 15 is 0 Å². The fourth-order valence-electron chi connectivity index (χ4n) is 1.80.